The van der Waals surface area contributed by atoms with Crippen molar-refractivity contribution in [2.45, 2.75) is 147 Å². The standard InChI is InChI=1S/C32H55NO6Si/c1-12-29(7)20-21(34)32(37)30(8)22(40(10,11)27(2,3)4)16-17-28(5,6)24(30)23(35)25(31(32,9)39-29)38-26(36)33-18-14-13-15-19-33/h12,22-25,35,37H,1,13-20H2,2-11H3/t22-,23-,24-,25-,29-,30-,31+,32-/m0/s1. The van der Waals surface area contributed by atoms with Crippen molar-refractivity contribution in [3.8, 4) is 0 Å². The number of ether oxygens (including phenoxy) is 2. The smallest absolute Gasteiger partial charge is 0.410 e. The number of nitrogens with zero attached hydrogens (tertiary/aromatic N) is 1. The molecule has 4 rings (SSSR count). The van der Waals surface area contributed by atoms with Crippen LogP contribution in [0.1, 0.15) is 93.9 Å². The molecule has 4 fully saturated rings. The van der Waals surface area contributed by atoms with Gasteiger partial charge in [0.15, 0.2) is 17.5 Å². The molecule has 2 saturated heterocycles. The van der Waals surface area contributed by atoms with E-state index in [1.54, 1.807) is 24.8 Å². The van der Waals surface area contributed by atoms with Crippen molar-refractivity contribution in [3.05, 3.63) is 12.7 Å². The Morgan fingerprint density at radius 2 is 1.70 bits per heavy atom. The summed E-state index contributed by atoms with van der Waals surface area (Å²) >= 11 is 0. The van der Waals surface area contributed by atoms with Crippen LogP contribution >= 0.6 is 0 Å². The Kier molecular flexibility index (Phi) is 7.65. The Morgan fingerprint density at radius 1 is 1.12 bits per heavy atom. The minimum Gasteiger partial charge on any atom is -0.440 e. The van der Waals surface area contributed by atoms with E-state index < -0.39 is 59.9 Å². The number of aliphatic hydroxyl groups is 2. The van der Waals surface area contributed by atoms with Crippen LogP contribution < -0.4 is 0 Å². The highest BCUT2D eigenvalue weighted by atomic mass is 28.3. The largest absolute Gasteiger partial charge is 0.440 e. The predicted molar refractivity (Wildman–Crippen MR) is 160 cm³/mol. The Hall–Kier alpha value is -1.22. The van der Waals surface area contributed by atoms with Crippen LogP contribution in [-0.4, -0.2) is 77.2 Å². The molecule has 0 spiro atoms. The zero-order valence-electron chi connectivity index (χ0n) is 26.7. The second-order valence-corrected chi connectivity index (χ2v) is 21.8. The van der Waals surface area contributed by atoms with Crippen molar-refractivity contribution < 1.29 is 29.3 Å². The minimum absolute atomic E-state index is 0.0105. The molecule has 0 radical (unpaired) electrons. The van der Waals surface area contributed by atoms with Gasteiger partial charge in [-0.2, -0.15) is 0 Å². The molecular formula is C32H55NO6Si. The first-order valence-corrected chi connectivity index (χ1v) is 18.4. The van der Waals surface area contributed by atoms with Gasteiger partial charge >= 0.3 is 6.09 Å². The maximum Gasteiger partial charge on any atom is 0.410 e. The first kappa shape index (κ1) is 31.7. The van der Waals surface area contributed by atoms with Crippen molar-refractivity contribution in [2.24, 2.45) is 16.7 Å². The van der Waals surface area contributed by atoms with Gasteiger partial charge in [0.05, 0.1) is 19.8 Å². The fraction of sp³-hybridized carbons (Fsp3) is 0.875. The molecular weight excluding hydrogens is 522 g/mol. The maximum absolute atomic E-state index is 14.6. The Labute approximate surface area is 243 Å². The number of likely N-dealkylation sites (tertiary alicyclic amines) is 1. The third kappa shape index (κ3) is 4.21. The van der Waals surface area contributed by atoms with Crippen LogP contribution in [-0.2, 0) is 14.3 Å². The van der Waals surface area contributed by atoms with E-state index in [-0.39, 0.29) is 22.8 Å². The van der Waals surface area contributed by atoms with Crippen LogP contribution in [0.25, 0.3) is 0 Å². The number of ketones is 1. The van der Waals surface area contributed by atoms with Gasteiger partial charge in [-0.1, -0.05) is 67.1 Å². The summed E-state index contributed by atoms with van der Waals surface area (Å²) < 4.78 is 13.0. The van der Waals surface area contributed by atoms with Crippen LogP contribution in [0.15, 0.2) is 12.7 Å². The molecule has 2 saturated carbocycles. The number of hydrogen-bond acceptors (Lipinski definition) is 6. The minimum atomic E-state index is -2.20. The van der Waals surface area contributed by atoms with Crippen LogP contribution in [0.4, 0.5) is 4.79 Å². The quantitative estimate of drug-likeness (QED) is 0.311. The normalized spacial score (nSPS) is 43.9. The summed E-state index contributed by atoms with van der Waals surface area (Å²) in [6.45, 7) is 26.4. The molecule has 8 atom stereocenters. The highest BCUT2D eigenvalue weighted by molar-refractivity contribution is 6.81. The van der Waals surface area contributed by atoms with Crippen LogP contribution in [0, 0.1) is 16.7 Å². The summed E-state index contributed by atoms with van der Waals surface area (Å²) in [6.07, 6.45) is 3.24. The average Bonchev–Trinajstić information content (AvgIpc) is 2.83. The maximum atomic E-state index is 14.6. The molecule has 8 heteroatoms. The number of carbonyl (C=O) groups excluding carboxylic acids is 2. The molecule has 4 aliphatic rings. The van der Waals surface area contributed by atoms with Crippen LogP contribution in [0.2, 0.25) is 23.7 Å². The van der Waals surface area contributed by atoms with E-state index in [2.05, 4.69) is 54.3 Å². The van der Waals surface area contributed by atoms with E-state index in [1.807, 2.05) is 6.92 Å². The van der Waals surface area contributed by atoms with Gasteiger partial charge < -0.3 is 24.6 Å². The Morgan fingerprint density at radius 3 is 2.23 bits per heavy atom. The molecule has 7 nitrogen and oxygen atoms in total. The van der Waals surface area contributed by atoms with E-state index >= 15 is 0 Å². The molecule has 1 amide bonds. The third-order valence-electron chi connectivity index (χ3n) is 12.4. The molecule has 0 bridgehead atoms. The lowest BCUT2D eigenvalue weighted by atomic mass is 9.40. The zero-order valence-corrected chi connectivity index (χ0v) is 27.7. The molecule has 228 valence electrons. The van der Waals surface area contributed by atoms with Crippen molar-refractivity contribution >= 4 is 20.0 Å². The summed E-state index contributed by atoms with van der Waals surface area (Å²) in [6, 6.07) is 0. The number of fused-ring (bicyclic) bond motifs is 3. The fourth-order valence-corrected chi connectivity index (χ4v) is 13.2. The average molecular weight is 578 g/mol. The lowest BCUT2D eigenvalue weighted by molar-refractivity contribution is -0.356. The summed E-state index contributed by atoms with van der Waals surface area (Å²) in [5.41, 5.74) is -6.17. The van der Waals surface area contributed by atoms with Gasteiger partial charge in [0, 0.05) is 30.8 Å². The topological polar surface area (TPSA) is 96.3 Å². The Balaban J connectivity index is 1.97. The summed E-state index contributed by atoms with van der Waals surface area (Å²) in [5, 5.41) is 25.7. The highest BCUT2D eigenvalue weighted by Crippen LogP contribution is 2.73. The van der Waals surface area contributed by atoms with Crippen LogP contribution in [0.5, 0.6) is 0 Å². The molecule has 40 heavy (non-hydrogen) atoms. The summed E-state index contributed by atoms with van der Waals surface area (Å²) in [5.74, 6) is -0.811. The van der Waals surface area contributed by atoms with E-state index in [0.29, 0.717) is 13.1 Å². The van der Waals surface area contributed by atoms with E-state index in [4.69, 9.17) is 9.47 Å². The number of piperidine rings is 1. The molecule has 0 aromatic heterocycles. The molecule has 0 aromatic rings. The lowest BCUT2D eigenvalue weighted by Crippen LogP contribution is -2.86. The molecule has 2 aliphatic heterocycles. The predicted octanol–water partition coefficient (Wildman–Crippen LogP) is 6.10. The van der Waals surface area contributed by atoms with E-state index in [0.717, 1.165) is 32.1 Å². The van der Waals surface area contributed by atoms with E-state index in [9.17, 15) is 19.8 Å². The second kappa shape index (κ2) is 9.65. The molecule has 0 unspecified atom stereocenters. The zero-order chi connectivity index (χ0) is 30.3. The molecule has 2 heterocycles. The lowest BCUT2D eigenvalue weighted by Gasteiger charge is -2.74. The van der Waals surface area contributed by atoms with Gasteiger partial charge in [-0.15, -0.1) is 6.58 Å². The molecule has 0 aromatic carbocycles. The van der Waals surface area contributed by atoms with Gasteiger partial charge in [-0.05, 0) is 55.5 Å². The van der Waals surface area contributed by atoms with Gasteiger partial charge in [-0.3, -0.25) is 4.79 Å². The second-order valence-electron chi connectivity index (χ2n) is 16.2. The number of hydrogen-bond donors (Lipinski definition) is 2. The van der Waals surface area contributed by atoms with Crippen molar-refractivity contribution in [2.75, 3.05) is 13.1 Å². The van der Waals surface area contributed by atoms with Crippen molar-refractivity contribution in [1.29, 1.82) is 0 Å². The number of Topliss-reactive ketones (excluding diaryl/α,β-unsaturated/α-hetero) is 1. The SMILES string of the molecule is C=C[C@@]1(C)CC(=O)[C@]2(O)[C@]3(C)[C@@H]([C@H](O)[C@H](OC(=O)N4CCCCC4)[C@@]2(C)O1)C(C)(C)CC[C@@H]3[Si](C)(C)C(C)(C)C. The van der Waals surface area contributed by atoms with Crippen molar-refractivity contribution in [3.63, 3.8) is 0 Å². The van der Waals surface area contributed by atoms with Gasteiger partial charge in [0.2, 0.25) is 0 Å². The Bertz CT molecular complexity index is 1050. The fourth-order valence-electron chi connectivity index (χ4n) is 9.40. The first-order chi connectivity index (χ1) is 18.1. The number of aliphatic hydroxyl groups excluding tert-OH is 1. The molecule has 2 aliphatic carbocycles. The number of carbonyl (C=O) groups is 2. The van der Waals surface area contributed by atoms with Crippen molar-refractivity contribution in [1.82, 2.24) is 4.90 Å². The number of rotatable bonds is 3. The summed E-state index contributed by atoms with van der Waals surface area (Å²) in [4.78, 5) is 29.8. The van der Waals surface area contributed by atoms with Gasteiger partial charge in [0.25, 0.3) is 0 Å². The molecule has 2 N–H and O–H groups in total. The highest BCUT2D eigenvalue weighted by Gasteiger charge is 2.82. The summed E-state index contributed by atoms with van der Waals surface area (Å²) in [7, 11) is -2.20. The first-order valence-electron chi connectivity index (χ1n) is 15.4. The van der Waals surface area contributed by atoms with E-state index in [1.165, 1.54) is 0 Å². The third-order valence-corrected chi connectivity index (χ3v) is 18.9. The number of amides is 1. The van der Waals surface area contributed by atoms with Gasteiger partial charge in [0.1, 0.15) is 5.60 Å². The monoisotopic (exact) mass is 577 g/mol. The van der Waals surface area contributed by atoms with Crippen LogP contribution in [0.3, 0.4) is 0 Å². The van der Waals surface area contributed by atoms with Gasteiger partial charge in [-0.25, -0.2) is 4.79 Å².